The fourth-order valence-electron chi connectivity index (χ4n) is 3.50. The van der Waals surface area contributed by atoms with Crippen LogP contribution in [0.2, 0.25) is 0 Å². The Kier molecular flexibility index (Phi) is 4.37. The molecule has 0 bridgehead atoms. The van der Waals surface area contributed by atoms with Crippen molar-refractivity contribution in [3.05, 3.63) is 24.4 Å². The second kappa shape index (κ2) is 6.67. The van der Waals surface area contributed by atoms with Crippen LogP contribution in [-0.4, -0.2) is 34.6 Å². The number of aromatic nitrogens is 2. The highest BCUT2D eigenvalue weighted by Crippen LogP contribution is 2.38. The summed E-state index contributed by atoms with van der Waals surface area (Å²) in [6, 6.07) is 6.19. The minimum atomic E-state index is -0.142. The van der Waals surface area contributed by atoms with E-state index in [9.17, 15) is 4.79 Å². The molecule has 6 nitrogen and oxygen atoms in total. The Labute approximate surface area is 147 Å². The zero-order valence-corrected chi connectivity index (χ0v) is 14.9. The lowest BCUT2D eigenvalue weighted by atomic mass is 10.0. The zero-order chi connectivity index (χ0) is 17.4. The summed E-state index contributed by atoms with van der Waals surface area (Å²) in [5.74, 6) is 0.715. The lowest BCUT2D eigenvalue weighted by molar-refractivity contribution is -0.00889. The van der Waals surface area contributed by atoms with Crippen LogP contribution in [0, 0.1) is 5.92 Å². The second-order valence-corrected chi connectivity index (χ2v) is 7.54. The number of fused-ring (bicyclic) bond motifs is 1. The van der Waals surface area contributed by atoms with Crippen molar-refractivity contribution in [2.24, 2.45) is 5.92 Å². The van der Waals surface area contributed by atoms with Crippen molar-refractivity contribution in [1.82, 2.24) is 15.1 Å². The highest BCUT2D eigenvalue weighted by molar-refractivity contribution is 5.92. The van der Waals surface area contributed by atoms with Crippen LogP contribution in [0.25, 0.3) is 10.9 Å². The topological polar surface area (TPSA) is 68.2 Å². The monoisotopic (exact) mass is 342 g/mol. The van der Waals surface area contributed by atoms with Gasteiger partial charge < -0.3 is 15.4 Å². The highest BCUT2D eigenvalue weighted by atomic mass is 16.5. The van der Waals surface area contributed by atoms with Gasteiger partial charge in [-0.3, -0.25) is 4.68 Å². The standard InChI is InChI=1S/C19H26N4O2/c1-12(2)23-11-14-9-15(5-6-17(14)22-23)20-19(24)21-16-7-8-25-18(10-16)13-3-4-13/h5-6,9,11-13,16,18H,3-4,7-8,10H2,1-2H3,(H2,20,21,24)/t16-,18+/m0/s1. The number of anilines is 1. The van der Waals surface area contributed by atoms with E-state index in [-0.39, 0.29) is 12.1 Å². The molecule has 1 aliphatic heterocycles. The van der Waals surface area contributed by atoms with Gasteiger partial charge in [-0.05, 0) is 63.6 Å². The molecule has 25 heavy (non-hydrogen) atoms. The van der Waals surface area contributed by atoms with Crippen molar-refractivity contribution in [1.29, 1.82) is 0 Å². The molecule has 134 valence electrons. The number of rotatable bonds is 4. The molecule has 2 amide bonds. The molecule has 0 unspecified atom stereocenters. The summed E-state index contributed by atoms with van der Waals surface area (Å²) in [4.78, 5) is 12.3. The average Bonchev–Trinajstić information content (AvgIpc) is 3.34. The van der Waals surface area contributed by atoms with Crippen LogP contribution in [0.5, 0.6) is 0 Å². The van der Waals surface area contributed by atoms with E-state index in [0.29, 0.717) is 18.1 Å². The molecular formula is C19H26N4O2. The number of hydrogen-bond donors (Lipinski definition) is 2. The number of nitrogens with zero attached hydrogens (tertiary/aromatic N) is 2. The molecule has 6 heteroatoms. The van der Waals surface area contributed by atoms with Crippen molar-refractivity contribution in [3.63, 3.8) is 0 Å². The number of nitrogens with one attached hydrogen (secondary N) is 2. The van der Waals surface area contributed by atoms with Crippen molar-refractivity contribution in [3.8, 4) is 0 Å². The first-order chi connectivity index (χ1) is 12.1. The lowest BCUT2D eigenvalue weighted by Gasteiger charge is -2.30. The zero-order valence-electron chi connectivity index (χ0n) is 14.9. The molecule has 0 spiro atoms. The number of ether oxygens (including phenoxy) is 1. The van der Waals surface area contributed by atoms with Crippen LogP contribution in [0.1, 0.15) is 45.6 Å². The molecule has 2 atom stereocenters. The normalized spacial score (nSPS) is 23.8. The van der Waals surface area contributed by atoms with E-state index in [4.69, 9.17) is 4.74 Å². The molecule has 1 aliphatic carbocycles. The Balaban J connectivity index is 1.37. The van der Waals surface area contributed by atoms with E-state index in [1.54, 1.807) is 0 Å². The van der Waals surface area contributed by atoms with Gasteiger partial charge in [0.05, 0.1) is 11.6 Å². The van der Waals surface area contributed by atoms with Crippen molar-refractivity contribution < 1.29 is 9.53 Å². The van der Waals surface area contributed by atoms with Crippen LogP contribution in [-0.2, 0) is 4.74 Å². The van der Waals surface area contributed by atoms with E-state index >= 15 is 0 Å². The summed E-state index contributed by atoms with van der Waals surface area (Å²) in [6.45, 7) is 4.94. The van der Waals surface area contributed by atoms with Crippen LogP contribution >= 0.6 is 0 Å². The summed E-state index contributed by atoms with van der Waals surface area (Å²) in [6.07, 6.45) is 6.70. The first-order valence-electron chi connectivity index (χ1n) is 9.26. The van der Waals surface area contributed by atoms with E-state index in [0.717, 1.165) is 36.0 Å². The lowest BCUT2D eigenvalue weighted by Crippen LogP contribution is -2.44. The molecule has 2 aromatic rings. The third-order valence-corrected chi connectivity index (χ3v) is 5.11. The van der Waals surface area contributed by atoms with Crippen LogP contribution in [0.3, 0.4) is 0 Å². The Bertz CT molecular complexity index is 766. The predicted octanol–water partition coefficient (Wildman–Crippen LogP) is 3.70. The number of benzene rings is 1. The van der Waals surface area contributed by atoms with Gasteiger partial charge in [0, 0.05) is 36.0 Å². The van der Waals surface area contributed by atoms with Gasteiger partial charge >= 0.3 is 6.03 Å². The van der Waals surface area contributed by atoms with Gasteiger partial charge in [0.2, 0.25) is 0 Å². The Hall–Kier alpha value is -2.08. The number of hydrogen-bond acceptors (Lipinski definition) is 3. The van der Waals surface area contributed by atoms with Crippen molar-refractivity contribution >= 4 is 22.6 Å². The minimum Gasteiger partial charge on any atom is -0.378 e. The number of carbonyl (C=O) groups is 1. The summed E-state index contributed by atoms with van der Waals surface area (Å²) >= 11 is 0. The molecule has 4 rings (SSSR count). The number of carbonyl (C=O) groups excluding carboxylic acids is 1. The smallest absolute Gasteiger partial charge is 0.319 e. The van der Waals surface area contributed by atoms with Gasteiger partial charge in [-0.25, -0.2) is 4.79 Å². The molecule has 1 aromatic carbocycles. The molecular weight excluding hydrogens is 316 g/mol. The Morgan fingerprint density at radius 2 is 2.16 bits per heavy atom. The van der Waals surface area contributed by atoms with E-state index < -0.39 is 0 Å². The molecule has 2 heterocycles. The van der Waals surface area contributed by atoms with Gasteiger partial charge in [-0.15, -0.1) is 0 Å². The quantitative estimate of drug-likeness (QED) is 0.890. The van der Waals surface area contributed by atoms with Crippen molar-refractivity contribution in [2.75, 3.05) is 11.9 Å². The number of amides is 2. The van der Waals surface area contributed by atoms with Gasteiger partial charge in [0.1, 0.15) is 0 Å². The van der Waals surface area contributed by atoms with Crippen LogP contribution in [0.15, 0.2) is 24.4 Å². The maximum Gasteiger partial charge on any atom is 0.319 e. The maximum absolute atomic E-state index is 12.3. The Morgan fingerprint density at radius 3 is 2.92 bits per heavy atom. The van der Waals surface area contributed by atoms with Gasteiger partial charge in [-0.1, -0.05) is 0 Å². The molecule has 1 saturated carbocycles. The summed E-state index contributed by atoms with van der Waals surface area (Å²) in [5.41, 5.74) is 1.73. The Morgan fingerprint density at radius 1 is 1.32 bits per heavy atom. The van der Waals surface area contributed by atoms with E-state index in [1.165, 1.54) is 12.8 Å². The summed E-state index contributed by atoms with van der Waals surface area (Å²) in [5, 5.41) is 11.6. The number of urea groups is 1. The SMILES string of the molecule is CC(C)n1cc2cc(NC(=O)N[C@H]3CCO[C@@H](C4CC4)C3)ccc2n1. The van der Waals surface area contributed by atoms with E-state index in [2.05, 4.69) is 29.6 Å². The summed E-state index contributed by atoms with van der Waals surface area (Å²) < 4.78 is 7.76. The minimum absolute atomic E-state index is 0.142. The van der Waals surface area contributed by atoms with Gasteiger partial charge in [0.25, 0.3) is 0 Å². The van der Waals surface area contributed by atoms with Gasteiger partial charge in [-0.2, -0.15) is 5.10 Å². The molecule has 2 fully saturated rings. The average molecular weight is 342 g/mol. The van der Waals surface area contributed by atoms with Crippen LogP contribution < -0.4 is 10.6 Å². The van der Waals surface area contributed by atoms with Crippen molar-refractivity contribution in [2.45, 2.75) is 57.7 Å². The first kappa shape index (κ1) is 16.4. The third kappa shape index (κ3) is 3.79. The highest BCUT2D eigenvalue weighted by Gasteiger charge is 2.36. The first-order valence-corrected chi connectivity index (χ1v) is 9.26. The van der Waals surface area contributed by atoms with E-state index in [1.807, 2.05) is 29.1 Å². The fraction of sp³-hybridized carbons (Fsp3) is 0.579. The maximum atomic E-state index is 12.3. The fourth-order valence-corrected chi connectivity index (χ4v) is 3.50. The molecule has 1 saturated heterocycles. The largest absolute Gasteiger partial charge is 0.378 e. The molecule has 1 aromatic heterocycles. The second-order valence-electron chi connectivity index (χ2n) is 7.54. The molecule has 0 radical (unpaired) electrons. The molecule has 2 aliphatic rings. The summed E-state index contributed by atoms with van der Waals surface area (Å²) in [7, 11) is 0. The molecule has 2 N–H and O–H groups in total. The third-order valence-electron chi connectivity index (χ3n) is 5.11. The van der Waals surface area contributed by atoms with Gasteiger partial charge in [0.15, 0.2) is 0 Å². The predicted molar refractivity (Wildman–Crippen MR) is 97.8 cm³/mol. The van der Waals surface area contributed by atoms with Crippen LogP contribution in [0.4, 0.5) is 10.5 Å².